The third-order valence-electron chi connectivity index (χ3n) is 6.25. The number of anilines is 2. The second kappa shape index (κ2) is 7.97. The molecule has 1 atom stereocenters. The molecular formula is C22H28N6O3. The van der Waals surface area contributed by atoms with Crippen LogP contribution in [0.25, 0.3) is 11.2 Å². The number of imidazole rings is 1. The van der Waals surface area contributed by atoms with Gasteiger partial charge >= 0.3 is 5.69 Å². The van der Waals surface area contributed by atoms with Crippen molar-refractivity contribution >= 4 is 22.8 Å². The number of para-hydroxylation sites is 1. The van der Waals surface area contributed by atoms with E-state index in [1.54, 1.807) is 7.05 Å². The highest BCUT2D eigenvalue weighted by Crippen LogP contribution is 2.32. The van der Waals surface area contributed by atoms with Crippen LogP contribution in [0.5, 0.6) is 0 Å². The fourth-order valence-electron chi connectivity index (χ4n) is 4.59. The molecule has 9 nitrogen and oxygen atoms in total. The third kappa shape index (κ3) is 3.47. The van der Waals surface area contributed by atoms with E-state index >= 15 is 0 Å². The molecule has 0 radical (unpaired) electrons. The van der Waals surface area contributed by atoms with Gasteiger partial charge in [-0.25, -0.2) is 4.79 Å². The molecule has 4 heterocycles. The first-order valence-corrected chi connectivity index (χ1v) is 10.9. The second-order valence-corrected chi connectivity index (χ2v) is 8.50. The normalized spacial score (nSPS) is 19.7. The molecule has 1 fully saturated rings. The lowest BCUT2D eigenvalue weighted by Gasteiger charge is -2.32. The van der Waals surface area contributed by atoms with Gasteiger partial charge in [0.25, 0.3) is 5.56 Å². The van der Waals surface area contributed by atoms with Crippen LogP contribution >= 0.6 is 0 Å². The first kappa shape index (κ1) is 20.0. The smallest absolute Gasteiger partial charge is 0.332 e. The number of aromatic nitrogens is 4. The van der Waals surface area contributed by atoms with Crippen LogP contribution in [0.15, 0.2) is 39.9 Å². The minimum absolute atomic E-state index is 0.257. The van der Waals surface area contributed by atoms with Gasteiger partial charge in [0.05, 0.1) is 13.2 Å². The molecule has 3 aromatic rings. The number of aryl methyl sites for hydroxylation is 1. The lowest BCUT2D eigenvalue weighted by atomic mass is 10.1. The molecular weight excluding hydrogens is 396 g/mol. The average Bonchev–Trinajstić information content (AvgIpc) is 3.18. The molecule has 2 aliphatic rings. The molecule has 1 aromatic carbocycles. The number of rotatable bonds is 4. The summed E-state index contributed by atoms with van der Waals surface area (Å²) in [6.07, 6.45) is 0. The Kier molecular flexibility index (Phi) is 5.15. The zero-order valence-electron chi connectivity index (χ0n) is 18.0. The van der Waals surface area contributed by atoms with E-state index in [1.165, 1.54) is 9.13 Å². The minimum atomic E-state index is -0.319. The topological polar surface area (TPSA) is 77.5 Å². The van der Waals surface area contributed by atoms with Crippen molar-refractivity contribution in [2.45, 2.75) is 20.0 Å². The summed E-state index contributed by atoms with van der Waals surface area (Å²) in [4.78, 5) is 35.6. The first-order chi connectivity index (χ1) is 15.0. The van der Waals surface area contributed by atoms with Crippen LogP contribution in [0.2, 0.25) is 0 Å². The van der Waals surface area contributed by atoms with Crippen LogP contribution in [0, 0.1) is 5.92 Å². The Labute approximate surface area is 180 Å². The minimum Gasteiger partial charge on any atom is -0.379 e. The van der Waals surface area contributed by atoms with E-state index in [0.29, 0.717) is 49.9 Å². The van der Waals surface area contributed by atoms with Crippen molar-refractivity contribution in [3.8, 4) is 0 Å². The largest absolute Gasteiger partial charge is 0.379 e. The number of benzene rings is 1. The molecule has 9 heteroatoms. The number of hydrogen-bond donors (Lipinski definition) is 0. The van der Waals surface area contributed by atoms with Crippen molar-refractivity contribution in [3.05, 3.63) is 51.2 Å². The highest BCUT2D eigenvalue weighted by atomic mass is 16.5. The van der Waals surface area contributed by atoms with Gasteiger partial charge in [-0.3, -0.25) is 18.8 Å². The van der Waals surface area contributed by atoms with Crippen LogP contribution < -0.4 is 16.1 Å². The molecule has 1 saturated heterocycles. The van der Waals surface area contributed by atoms with E-state index in [4.69, 9.17) is 9.72 Å². The zero-order valence-corrected chi connectivity index (χ0v) is 18.0. The third-order valence-corrected chi connectivity index (χ3v) is 6.25. The fraction of sp³-hybridized carbons (Fsp3) is 0.500. The Morgan fingerprint density at radius 2 is 1.81 bits per heavy atom. The van der Waals surface area contributed by atoms with Crippen LogP contribution in [0.4, 0.5) is 11.6 Å². The monoisotopic (exact) mass is 424 g/mol. The summed E-state index contributed by atoms with van der Waals surface area (Å²) in [5, 5.41) is 0. The highest BCUT2D eigenvalue weighted by molar-refractivity contribution is 5.77. The van der Waals surface area contributed by atoms with E-state index in [-0.39, 0.29) is 11.2 Å². The maximum Gasteiger partial charge on any atom is 0.332 e. The van der Waals surface area contributed by atoms with Gasteiger partial charge < -0.3 is 14.2 Å². The van der Waals surface area contributed by atoms with Crippen LogP contribution in [0.1, 0.15) is 6.92 Å². The standard InChI is InChI=1S/C22H28N6O3/c1-16-14-27(17-6-4-3-5-7-17)21-23-19-18(28(21)15-16)20(29)26(22(30)24(19)2)9-8-25-10-12-31-13-11-25/h3-7,16H,8-15H2,1-2H3. The summed E-state index contributed by atoms with van der Waals surface area (Å²) in [7, 11) is 1.70. The van der Waals surface area contributed by atoms with Gasteiger partial charge in [-0.15, -0.1) is 0 Å². The molecule has 1 unspecified atom stereocenters. The number of morpholine rings is 1. The van der Waals surface area contributed by atoms with Gasteiger partial charge in [0.2, 0.25) is 5.95 Å². The molecule has 2 aromatic heterocycles. The summed E-state index contributed by atoms with van der Waals surface area (Å²) >= 11 is 0. The molecule has 5 rings (SSSR count). The predicted octanol–water partition coefficient (Wildman–Crippen LogP) is 1.02. The quantitative estimate of drug-likeness (QED) is 0.622. The summed E-state index contributed by atoms with van der Waals surface area (Å²) < 4.78 is 10.3. The van der Waals surface area contributed by atoms with Crippen molar-refractivity contribution in [2.24, 2.45) is 13.0 Å². The lowest BCUT2D eigenvalue weighted by Crippen LogP contribution is -2.44. The maximum atomic E-state index is 13.5. The Balaban J connectivity index is 1.61. The molecule has 164 valence electrons. The average molecular weight is 425 g/mol. The predicted molar refractivity (Wildman–Crippen MR) is 119 cm³/mol. The van der Waals surface area contributed by atoms with E-state index in [9.17, 15) is 9.59 Å². The molecule has 0 bridgehead atoms. The van der Waals surface area contributed by atoms with Crippen molar-refractivity contribution in [2.75, 3.05) is 44.3 Å². The van der Waals surface area contributed by atoms with Crippen molar-refractivity contribution < 1.29 is 4.74 Å². The van der Waals surface area contributed by atoms with Crippen molar-refractivity contribution in [1.29, 1.82) is 0 Å². The van der Waals surface area contributed by atoms with Gasteiger partial charge in [0.15, 0.2) is 11.2 Å². The molecule has 0 N–H and O–H groups in total. The van der Waals surface area contributed by atoms with Crippen LogP contribution in [0.3, 0.4) is 0 Å². The Hall–Kier alpha value is -2.91. The fourth-order valence-corrected chi connectivity index (χ4v) is 4.59. The summed E-state index contributed by atoms with van der Waals surface area (Å²) in [6.45, 7) is 7.72. The number of fused-ring (bicyclic) bond motifs is 3. The summed E-state index contributed by atoms with van der Waals surface area (Å²) in [6, 6.07) is 10.1. The van der Waals surface area contributed by atoms with Gasteiger partial charge in [-0.05, 0) is 18.1 Å². The van der Waals surface area contributed by atoms with Crippen LogP contribution in [-0.2, 0) is 24.9 Å². The summed E-state index contributed by atoms with van der Waals surface area (Å²) in [5.74, 6) is 1.06. The Morgan fingerprint density at radius 3 is 2.55 bits per heavy atom. The number of hydrogen-bond acceptors (Lipinski definition) is 6. The van der Waals surface area contributed by atoms with Gasteiger partial charge in [-0.2, -0.15) is 4.98 Å². The van der Waals surface area contributed by atoms with Gasteiger partial charge in [0, 0.05) is 52.0 Å². The Bertz CT molecular complexity index is 1210. The van der Waals surface area contributed by atoms with E-state index in [2.05, 4.69) is 16.7 Å². The van der Waals surface area contributed by atoms with E-state index < -0.39 is 0 Å². The van der Waals surface area contributed by atoms with Crippen LogP contribution in [-0.4, -0.2) is 63.0 Å². The molecule has 0 spiro atoms. The molecule has 0 saturated carbocycles. The lowest BCUT2D eigenvalue weighted by molar-refractivity contribution is 0.0361. The van der Waals surface area contributed by atoms with E-state index in [1.807, 2.05) is 34.9 Å². The maximum absolute atomic E-state index is 13.5. The molecule has 0 amide bonds. The molecule has 0 aliphatic carbocycles. The zero-order chi connectivity index (χ0) is 21.5. The first-order valence-electron chi connectivity index (χ1n) is 10.9. The van der Waals surface area contributed by atoms with Gasteiger partial charge in [0.1, 0.15) is 0 Å². The molecule has 31 heavy (non-hydrogen) atoms. The van der Waals surface area contributed by atoms with E-state index in [0.717, 1.165) is 31.3 Å². The highest BCUT2D eigenvalue weighted by Gasteiger charge is 2.29. The van der Waals surface area contributed by atoms with Crippen molar-refractivity contribution in [3.63, 3.8) is 0 Å². The number of ether oxygens (including phenoxy) is 1. The Morgan fingerprint density at radius 1 is 1.06 bits per heavy atom. The summed E-state index contributed by atoms with van der Waals surface area (Å²) in [5.41, 5.74) is 1.41. The number of nitrogens with zero attached hydrogens (tertiary/aromatic N) is 6. The molecule has 2 aliphatic heterocycles. The van der Waals surface area contributed by atoms with Gasteiger partial charge in [-0.1, -0.05) is 25.1 Å². The SMILES string of the molecule is CC1CN(c2ccccc2)c2nc3c(c(=O)n(CCN4CCOCC4)c(=O)n3C)n2C1. The second-order valence-electron chi connectivity index (χ2n) is 8.50. The van der Waals surface area contributed by atoms with Crippen molar-refractivity contribution in [1.82, 2.24) is 23.6 Å².